The van der Waals surface area contributed by atoms with Crippen LogP contribution in [-0.2, 0) is 14.4 Å². The van der Waals surface area contributed by atoms with Crippen molar-refractivity contribution >= 4 is 17.7 Å². The maximum absolute atomic E-state index is 12.2. The fraction of sp³-hybridized carbons (Fsp3) is 0.812. The summed E-state index contributed by atoms with van der Waals surface area (Å²) in [6.07, 6.45) is 8.09. The Labute approximate surface area is 132 Å². The van der Waals surface area contributed by atoms with Crippen molar-refractivity contribution in [1.29, 1.82) is 0 Å². The molecule has 2 aliphatic rings. The SMILES string of the molecule is CCN1CCN(CC(=O)NC2CCCCCCC2)C(=O)C1=O. The second kappa shape index (κ2) is 8.15. The first kappa shape index (κ1) is 16.8. The van der Waals surface area contributed by atoms with E-state index < -0.39 is 11.8 Å². The second-order valence-corrected chi connectivity index (χ2v) is 6.22. The molecule has 124 valence electrons. The van der Waals surface area contributed by atoms with E-state index in [1.165, 1.54) is 29.1 Å². The fourth-order valence-electron chi connectivity index (χ4n) is 3.21. The van der Waals surface area contributed by atoms with Gasteiger partial charge in [-0.05, 0) is 19.8 Å². The molecule has 0 bridgehead atoms. The number of hydrogen-bond acceptors (Lipinski definition) is 3. The van der Waals surface area contributed by atoms with Gasteiger partial charge in [0.2, 0.25) is 5.91 Å². The topological polar surface area (TPSA) is 69.7 Å². The summed E-state index contributed by atoms with van der Waals surface area (Å²) in [5.74, 6) is -1.19. The molecule has 1 aliphatic heterocycles. The van der Waals surface area contributed by atoms with E-state index in [-0.39, 0.29) is 18.5 Å². The van der Waals surface area contributed by atoms with E-state index in [0.29, 0.717) is 19.6 Å². The maximum Gasteiger partial charge on any atom is 0.312 e. The van der Waals surface area contributed by atoms with Crippen molar-refractivity contribution in [3.8, 4) is 0 Å². The molecule has 0 atom stereocenters. The molecule has 22 heavy (non-hydrogen) atoms. The number of nitrogens with one attached hydrogen (secondary N) is 1. The molecule has 1 saturated carbocycles. The van der Waals surface area contributed by atoms with Crippen molar-refractivity contribution in [2.24, 2.45) is 0 Å². The van der Waals surface area contributed by atoms with Gasteiger partial charge in [-0.25, -0.2) is 0 Å². The molecule has 0 aromatic heterocycles. The van der Waals surface area contributed by atoms with E-state index in [1.54, 1.807) is 0 Å². The van der Waals surface area contributed by atoms with E-state index in [4.69, 9.17) is 0 Å². The number of piperazine rings is 1. The molecule has 0 radical (unpaired) electrons. The predicted octanol–water partition coefficient (Wildman–Crippen LogP) is 0.906. The number of carbonyl (C=O) groups excluding carboxylic acids is 3. The average Bonchev–Trinajstić information content (AvgIpc) is 2.47. The highest BCUT2D eigenvalue weighted by atomic mass is 16.2. The lowest BCUT2D eigenvalue weighted by atomic mass is 9.97. The highest BCUT2D eigenvalue weighted by molar-refractivity contribution is 6.35. The van der Waals surface area contributed by atoms with Crippen molar-refractivity contribution in [3.05, 3.63) is 0 Å². The smallest absolute Gasteiger partial charge is 0.312 e. The molecule has 2 rings (SSSR count). The Morgan fingerprint density at radius 2 is 1.55 bits per heavy atom. The van der Waals surface area contributed by atoms with Crippen molar-refractivity contribution < 1.29 is 14.4 Å². The van der Waals surface area contributed by atoms with Crippen LogP contribution in [0.25, 0.3) is 0 Å². The van der Waals surface area contributed by atoms with Crippen molar-refractivity contribution in [3.63, 3.8) is 0 Å². The molecule has 1 saturated heterocycles. The van der Waals surface area contributed by atoms with Crippen LogP contribution >= 0.6 is 0 Å². The van der Waals surface area contributed by atoms with Crippen LogP contribution in [0.5, 0.6) is 0 Å². The van der Waals surface area contributed by atoms with Gasteiger partial charge in [-0.2, -0.15) is 0 Å². The molecular formula is C16H27N3O3. The van der Waals surface area contributed by atoms with E-state index in [9.17, 15) is 14.4 Å². The number of rotatable bonds is 4. The lowest BCUT2D eigenvalue weighted by molar-refractivity contribution is -0.156. The van der Waals surface area contributed by atoms with Crippen molar-refractivity contribution in [2.75, 3.05) is 26.2 Å². The number of likely N-dealkylation sites (N-methyl/N-ethyl adjacent to an activating group) is 1. The Hall–Kier alpha value is -1.59. The van der Waals surface area contributed by atoms with Gasteiger partial charge in [0.25, 0.3) is 0 Å². The van der Waals surface area contributed by atoms with Gasteiger partial charge in [0.05, 0.1) is 0 Å². The molecule has 1 aliphatic carbocycles. The molecular weight excluding hydrogens is 282 g/mol. The summed E-state index contributed by atoms with van der Waals surface area (Å²) in [7, 11) is 0. The first-order valence-corrected chi connectivity index (χ1v) is 8.49. The van der Waals surface area contributed by atoms with Gasteiger partial charge >= 0.3 is 11.8 Å². The van der Waals surface area contributed by atoms with Crippen LogP contribution in [0.15, 0.2) is 0 Å². The van der Waals surface area contributed by atoms with Gasteiger partial charge in [-0.1, -0.05) is 32.1 Å². The summed E-state index contributed by atoms with van der Waals surface area (Å²) in [5.41, 5.74) is 0. The van der Waals surface area contributed by atoms with Crippen molar-refractivity contribution in [1.82, 2.24) is 15.1 Å². The Kier molecular flexibility index (Phi) is 6.21. The average molecular weight is 309 g/mol. The first-order valence-electron chi connectivity index (χ1n) is 8.49. The zero-order valence-corrected chi connectivity index (χ0v) is 13.5. The van der Waals surface area contributed by atoms with E-state index in [2.05, 4.69) is 5.32 Å². The number of nitrogens with zero attached hydrogens (tertiary/aromatic N) is 2. The fourth-order valence-corrected chi connectivity index (χ4v) is 3.21. The number of carbonyl (C=O) groups is 3. The van der Waals surface area contributed by atoms with Gasteiger partial charge in [-0.15, -0.1) is 0 Å². The molecule has 0 spiro atoms. The van der Waals surface area contributed by atoms with Crippen LogP contribution in [0.2, 0.25) is 0 Å². The minimum atomic E-state index is -0.555. The van der Waals surface area contributed by atoms with Crippen LogP contribution in [0.1, 0.15) is 51.9 Å². The lowest BCUT2D eigenvalue weighted by Crippen LogP contribution is -2.56. The van der Waals surface area contributed by atoms with Gasteiger partial charge in [0.15, 0.2) is 0 Å². The van der Waals surface area contributed by atoms with Crippen LogP contribution < -0.4 is 5.32 Å². The van der Waals surface area contributed by atoms with Crippen LogP contribution in [0, 0.1) is 0 Å². The Morgan fingerprint density at radius 3 is 2.18 bits per heavy atom. The molecule has 0 unspecified atom stereocenters. The van der Waals surface area contributed by atoms with Crippen LogP contribution in [0.3, 0.4) is 0 Å². The Balaban J connectivity index is 1.81. The summed E-state index contributed by atoms with van der Waals surface area (Å²) >= 11 is 0. The second-order valence-electron chi connectivity index (χ2n) is 6.22. The van der Waals surface area contributed by atoms with Gasteiger partial charge in [-0.3, -0.25) is 14.4 Å². The number of amides is 3. The predicted molar refractivity (Wildman–Crippen MR) is 83.1 cm³/mol. The van der Waals surface area contributed by atoms with E-state index >= 15 is 0 Å². The monoisotopic (exact) mass is 309 g/mol. The zero-order chi connectivity index (χ0) is 15.9. The van der Waals surface area contributed by atoms with Crippen LogP contribution in [0.4, 0.5) is 0 Å². The quantitative estimate of drug-likeness (QED) is 0.785. The number of hydrogen-bond donors (Lipinski definition) is 1. The third kappa shape index (κ3) is 4.45. The normalized spacial score (nSPS) is 21.5. The minimum Gasteiger partial charge on any atom is -0.352 e. The van der Waals surface area contributed by atoms with Crippen molar-refractivity contribution in [2.45, 2.75) is 57.9 Å². The first-order chi connectivity index (χ1) is 10.6. The molecule has 0 aromatic carbocycles. The summed E-state index contributed by atoms with van der Waals surface area (Å²) in [6, 6.07) is 0.218. The maximum atomic E-state index is 12.2. The molecule has 6 heteroatoms. The highest BCUT2D eigenvalue weighted by Crippen LogP contribution is 2.17. The van der Waals surface area contributed by atoms with Gasteiger partial charge < -0.3 is 15.1 Å². The summed E-state index contributed by atoms with van der Waals surface area (Å²) in [5, 5.41) is 3.04. The van der Waals surface area contributed by atoms with Gasteiger partial charge in [0.1, 0.15) is 6.54 Å². The molecule has 1 N–H and O–H groups in total. The summed E-state index contributed by atoms with van der Waals surface area (Å²) in [6.45, 7) is 3.34. The molecule has 2 fully saturated rings. The van der Waals surface area contributed by atoms with E-state index in [0.717, 1.165) is 25.7 Å². The van der Waals surface area contributed by atoms with Crippen LogP contribution in [-0.4, -0.2) is 59.7 Å². The summed E-state index contributed by atoms with van der Waals surface area (Å²) in [4.78, 5) is 38.8. The standard InChI is InChI=1S/C16H27N3O3/c1-2-18-10-11-19(16(22)15(18)21)12-14(20)17-13-8-6-4-3-5-7-9-13/h13H,2-12H2,1H3,(H,17,20). The molecule has 3 amide bonds. The lowest BCUT2D eigenvalue weighted by Gasteiger charge is -2.33. The molecule has 0 aromatic rings. The third-order valence-electron chi connectivity index (χ3n) is 4.58. The Morgan fingerprint density at radius 1 is 1.00 bits per heavy atom. The van der Waals surface area contributed by atoms with Gasteiger partial charge in [0, 0.05) is 25.7 Å². The molecule has 6 nitrogen and oxygen atoms in total. The summed E-state index contributed by atoms with van der Waals surface area (Å²) < 4.78 is 0. The minimum absolute atomic E-state index is 0.00136. The highest BCUT2D eigenvalue weighted by Gasteiger charge is 2.32. The van der Waals surface area contributed by atoms with E-state index in [1.807, 2.05) is 6.92 Å². The Bertz CT molecular complexity index is 417. The molecule has 1 heterocycles. The largest absolute Gasteiger partial charge is 0.352 e. The third-order valence-corrected chi connectivity index (χ3v) is 4.58. The zero-order valence-electron chi connectivity index (χ0n) is 13.5.